The molecule has 0 aliphatic carbocycles. The number of aliphatic hydroxyl groups is 1. The topological polar surface area (TPSA) is 41.5 Å². The van der Waals surface area contributed by atoms with Gasteiger partial charge in [0.05, 0.1) is 12.1 Å². The molecule has 2 atom stereocenters. The minimum Gasteiger partial charge on any atom is -0.394 e. The normalized spacial score (nSPS) is 16.7. The van der Waals surface area contributed by atoms with Crippen molar-refractivity contribution in [3.8, 4) is 0 Å². The van der Waals surface area contributed by atoms with Crippen LogP contribution in [0.4, 0.5) is 13.2 Å². The standard InChI is InChI=1S/C14H20F3NO2/c1-11(14(15,16)17)20-9-8-13(10-19,18-2)12-6-4-3-5-7-12/h3-7,11,18-19H,8-10H2,1-2H3. The van der Waals surface area contributed by atoms with Gasteiger partial charge in [0.25, 0.3) is 0 Å². The van der Waals surface area contributed by atoms with Crippen LogP contribution in [0.2, 0.25) is 0 Å². The molecule has 1 rings (SSSR count). The van der Waals surface area contributed by atoms with Gasteiger partial charge in [-0.25, -0.2) is 0 Å². The fourth-order valence-electron chi connectivity index (χ4n) is 1.92. The molecule has 2 N–H and O–H groups in total. The van der Waals surface area contributed by atoms with Gasteiger partial charge in [-0.05, 0) is 26.0 Å². The summed E-state index contributed by atoms with van der Waals surface area (Å²) in [5.41, 5.74) is 0.0142. The van der Waals surface area contributed by atoms with E-state index in [1.807, 2.05) is 30.3 Å². The molecule has 0 saturated heterocycles. The molecule has 0 amide bonds. The molecule has 20 heavy (non-hydrogen) atoms. The van der Waals surface area contributed by atoms with Crippen LogP contribution in [0.25, 0.3) is 0 Å². The van der Waals surface area contributed by atoms with Crippen LogP contribution >= 0.6 is 0 Å². The molecule has 1 aromatic rings. The third kappa shape index (κ3) is 4.19. The highest BCUT2D eigenvalue weighted by molar-refractivity contribution is 5.24. The predicted octanol–water partition coefficient (Wildman–Crippen LogP) is 2.45. The first-order valence-electron chi connectivity index (χ1n) is 6.39. The molecule has 0 spiro atoms. The van der Waals surface area contributed by atoms with E-state index in [0.717, 1.165) is 12.5 Å². The van der Waals surface area contributed by atoms with Crippen molar-refractivity contribution in [2.24, 2.45) is 0 Å². The van der Waals surface area contributed by atoms with E-state index in [-0.39, 0.29) is 19.6 Å². The zero-order chi connectivity index (χ0) is 15.2. The van der Waals surface area contributed by atoms with Crippen molar-refractivity contribution < 1.29 is 23.0 Å². The summed E-state index contributed by atoms with van der Waals surface area (Å²) in [6.07, 6.45) is -5.94. The Balaban J connectivity index is 2.70. The van der Waals surface area contributed by atoms with Crippen molar-refractivity contribution in [1.29, 1.82) is 0 Å². The second kappa shape index (κ2) is 7.06. The first-order chi connectivity index (χ1) is 9.35. The predicted molar refractivity (Wildman–Crippen MR) is 70.4 cm³/mol. The fraction of sp³-hybridized carbons (Fsp3) is 0.571. The van der Waals surface area contributed by atoms with Gasteiger partial charge in [0.1, 0.15) is 0 Å². The highest BCUT2D eigenvalue weighted by Gasteiger charge is 2.37. The number of aliphatic hydroxyl groups excluding tert-OH is 1. The Bertz CT molecular complexity index is 391. The molecule has 0 aliphatic heterocycles. The number of nitrogens with one attached hydrogen (secondary N) is 1. The second-order valence-electron chi connectivity index (χ2n) is 4.66. The summed E-state index contributed by atoms with van der Waals surface area (Å²) in [7, 11) is 1.66. The summed E-state index contributed by atoms with van der Waals surface area (Å²) < 4.78 is 41.9. The van der Waals surface area contributed by atoms with Gasteiger partial charge < -0.3 is 15.2 Å². The Morgan fingerprint density at radius 2 is 1.85 bits per heavy atom. The van der Waals surface area contributed by atoms with Gasteiger partial charge in [-0.15, -0.1) is 0 Å². The molecule has 3 nitrogen and oxygen atoms in total. The first-order valence-corrected chi connectivity index (χ1v) is 6.39. The van der Waals surface area contributed by atoms with Gasteiger partial charge in [0.2, 0.25) is 0 Å². The van der Waals surface area contributed by atoms with Gasteiger partial charge in [0, 0.05) is 6.61 Å². The van der Waals surface area contributed by atoms with Crippen LogP contribution in [-0.4, -0.2) is 37.6 Å². The van der Waals surface area contributed by atoms with Crippen LogP contribution in [0.5, 0.6) is 0 Å². The van der Waals surface area contributed by atoms with Crippen LogP contribution in [0, 0.1) is 0 Å². The summed E-state index contributed by atoms with van der Waals surface area (Å²) in [6.45, 7) is 0.650. The number of likely N-dealkylation sites (N-methyl/N-ethyl adjacent to an activating group) is 1. The number of rotatable bonds is 7. The molecule has 0 radical (unpaired) electrons. The monoisotopic (exact) mass is 291 g/mol. The molecular weight excluding hydrogens is 271 g/mol. The quantitative estimate of drug-likeness (QED) is 0.811. The number of halogens is 3. The zero-order valence-corrected chi connectivity index (χ0v) is 11.6. The van der Waals surface area contributed by atoms with Crippen LogP contribution in [0.15, 0.2) is 30.3 Å². The van der Waals surface area contributed by atoms with Crippen molar-refractivity contribution in [3.63, 3.8) is 0 Å². The lowest BCUT2D eigenvalue weighted by molar-refractivity contribution is -0.215. The molecule has 0 aliphatic rings. The van der Waals surface area contributed by atoms with Crippen LogP contribution in [-0.2, 0) is 10.3 Å². The van der Waals surface area contributed by atoms with E-state index in [4.69, 9.17) is 4.74 Å². The Labute approximate surface area is 116 Å². The number of benzene rings is 1. The Morgan fingerprint density at radius 1 is 1.25 bits per heavy atom. The molecule has 114 valence electrons. The first kappa shape index (κ1) is 16.9. The summed E-state index contributed by atoms with van der Waals surface area (Å²) in [5.74, 6) is 0. The summed E-state index contributed by atoms with van der Waals surface area (Å²) in [4.78, 5) is 0. The van der Waals surface area contributed by atoms with E-state index >= 15 is 0 Å². The smallest absolute Gasteiger partial charge is 0.394 e. The number of hydrogen-bond donors (Lipinski definition) is 2. The van der Waals surface area contributed by atoms with Crippen molar-refractivity contribution >= 4 is 0 Å². The average molecular weight is 291 g/mol. The lowest BCUT2D eigenvalue weighted by Crippen LogP contribution is -2.45. The van der Waals surface area contributed by atoms with Crippen LogP contribution < -0.4 is 5.32 Å². The lowest BCUT2D eigenvalue weighted by Gasteiger charge is -2.32. The van der Waals surface area contributed by atoms with Gasteiger partial charge in [-0.2, -0.15) is 13.2 Å². The van der Waals surface area contributed by atoms with Gasteiger partial charge in [-0.3, -0.25) is 0 Å². The molecule has 0 bridgehead atoms. The summed E-state index contributed by atoms with van der Waals surface area (Å²) >= 11 is 0. The number of alkyl halides is 3. The van der Waals surface area contributed by atoms with E-state index in [1.54, 1.807) is 7.05 Å². The molecule has 2 unspecified atom stereocenters. The minimum absolute atomic E-state index is 0.100. The molecular formula is C14H20F3NO2. The maximum absolute atomic E-state index is 12.4. The van der Waals surface area contributed by atoms with Gasteiger partial charge >= 0.3 is 6.18 Å². The fourth-order valence-corrected chi connectivity index (χ4v) is 1.92. The molecule has 0 fully saturated rings. The van der Waals surface area contributed by atoms with E-state index in [0.29, 0.717) is 0 Å². The largest absolute Gasteiger partial charge is 0.414 e. The maximum Gasteiger partial charge on any atom is 0.414 e. The van der Waals surface area contributed by atoms with Crippen molar-refractivity contribution in [2.45, 2.75) is 31.2 Å². The molecule has 6 heteroatoms. The lowest BCUT2D eigenvalue weighted by atomic mass is 9.88. The Morgan fingerprint density at radius 3 is 2.30 bits per heavy atom. The second-order valence-corrected chi connectivity index (χ2v) is 4.66. The third-order valence-corrected chi connectivity index (χ3v) is 3.43. The van der Waals surface area contributed by atoms with E-state index in [2.05, 4.69) is 5.32 Å². The van der Waals surface area contributed by atoms with Crippen molar-refractivity contribution in [3.05, 3.63) is 35.9 Å². The SMILES string of the molecule is CNC(CO)(CCOC(C)C(F)(F)F)c1ccccc1. The van der Waals surface area contributed by atoms with Crippen LogP contribution in [0.1, 0.15) is 18.9 Å². The highest BCUT2D eigenvalue weighted by Crippen LogP contribution is 2.26. The van der Waals surface area contributed by atoms with Gasteiger partial charge in [0.15, 0.2) is 6.10 Å². The Kier molecular flexibility index (Phi) is 5.98. The summed E-state index contributed by atoms with van der Waals surface area (Å²) in [6, 6.07) is 9.11. The molecule has 0 aromatic heterocycles. The average Bonchev–Trinajstić information content (AvgIpc) is 2.44. The molecule has 0 saturated carbocycles. The van der Waals surface area contributed by atoms with Gasteiger partial charge in [-0.1, -0.05) is 30.3 Å². The van der Waals surface area contributed by atoms with Crippen molar-refractivity contribution in [2.75, 3.05) is 20.3 Å². The van der Waals surface area contributed by atoms with E-state index < -0.39 is 17.8 Å². The van der Waals surface area contributed by atoms with Crippen LogP contribution in [0.3, 0.4) is 0 Å². The third-order valence-electron chi connectivity index (χ3n) is 3.43. The summed E-state index contributed by atoms with van der Waals surface area (Å²) in [5, 5.41) is 12.6. The highest BCUT2D eigenvalue weighted by atomic mass is 19.4. The number of hydrogen-bond acceptors (Lipinski definition) is 3. The maximum atomic E-state index is 12.4. The minimum atomic E-state index is -4.37. The molecule has 0 heterocycles. The zero-order valence-electron chi connectivity index (χ0n) is 11.6. The van der Waals surface area contributed by atoms with E-state index in [1.165, 1.54) is 0 Å². The number of ether oxygens (including phenoxy) is 1. The van der Waals surface area contributed by atoms with Crippen molar-refractivity contribution in [1.82, 2.24) is 5.32 Å². The molecule has 1 aromatic carbocycles. The Hall–Kier alpha value is -1.11. The van der Waals surface area contributed by atoms with E-state index in [9.17, 15) is 18.3 Å².